The van der Waals surface area contributed by atoms with E-state index in [-0.39, 0.29) is 17.9 Å². The van der Waals surface area contributed by atoms with Crippen molar-refractivity contribution in [2.75, 3.05) is 0 Å². The largest absolute Gasteiger partial charge is 0.504 e. The highest BCUT2D eigenvalue weighted by molar-refractivity contribution is 5.99. The van der Waals surface area contributed by atoms with Crippen molar-refractivity contribution in [2.24, 2.45) is 5.16 Å². The molecule has 0 saturated carbocycles. The summed E-state index contributed by atoms with van der Waals surface area (Å²) in [5.74, 6) is -1.20. The summed E-state index contributed by atoms with van der Waals surface area (Å²) in [6, 6.07) is 9.93. The van der Waals surface area contributed by atoms with Crippen molar-refractivity contribution in [3.8, 4) is 22.9 Å². The van der Waals surface area contributed by atoms with Gasteiger partial charge in [0, 0.05) is 17.5 Å². The first-order valence-electron chi connectivity index (χ1n) is 8.78. The van der Waals surface area contributed by atoms with E-state index in [1.807, 2.05) is 31.2 Å². The fraction of sp³-hybridized carbons (Fsp3) is 0.250. The number of hydrogen-bond acceptors (Lipinski definition) is 7. The normalized spacial score (nSPS) is 11.6. The highest BCUT2D eigenvalue weighted by Crippen LogP contribution is 2.30. The molecular formula is C20H20FN3O4. The third-order valence-corrected chi connectivity index (χ3v) is 4.03. The van der Waals surface area contributed by atoms with Gasteiger partial charge in [0.05, 0.1) is 5.71 Å². The average molecular weight is 385 g/mol. The molecule has 3 aromatic rings. The fourth-order valence-corrected chi connectivity index (χ4v) is 2.57. The van der Waals surface area contributed by atoms with Crippen LogP contribution in [0, 0.1) is 5.82 Å². The number of phenols is 2. The molecule has 0 radical (unpaired) electrons. The molecule has 146 valence electrons. The summed E-state index contributed by atoms with van der Waals surface area (Å²) >= 11 is 0. The topological polar surface area (TPSA) is 101 Å². The minimum atomic E-state index is -0.952. The lowest BCUT2D eigenvalue weighted by Crippen LogP contribution is -2.01. The molecule has 3 rings (SSSR count). The number of rotatable bonds is 7. The Labute approximate surface area is 161 Å². The van der Waals surface area contributed by atoms with E-state index < -0.39 is 17.3 Å². The van der Waals surface area contributed by atoms with E-state index in [9.17, 15) is 14.6 Å². The van der Waals surface area contributed by atoms with E-state index >= 15 is 0 Å². The minimum absolute atomic E-state index is 0.0410. The van der Waals surface area contributed by atoms with Gasteiger partial charge in [0.15, 0.2) is 17.3 Å². The van der Waals surface area contributed by atoms with Gasteiger partial charge in [-0.25, -0.2) is 4.39 Å². The molecule has 0 atom stereocenters. The highest BCUT2D eigenvalue weighted by Gasteiger charge is 2.14. The predicted molar refractivity (Wildman–Crippen MR) is 100 cm³/mol. The number of nitrogens with zero attached hydrogens (tertiary/aromatic N) is 3. The molecule has 2 N–H and O–H groups in total. The van der Waals surface area contributed by atoms with E-state index in [0.29, 0.717) is 11.7 Å². The van der Waals surface area contributed by atoms with Crippen LogP contribution in [0.25, 0.3) is 11.4 Å². The monoisotopic (exact) mass is 385 g/mol. The van der Waals surface area contributed by atoms with Crippen LogP contribution in [0.3, 0.4) is 0 Å². The number of halogens is 1. The number of hydrogen-bond donors (Lipinski definition) is 2. The van der Waals surface area contributed by atoms with Crippen LogP contribution in [0.1, 0.15) is 37.3 Å². The second-order valence-electron chi connectivity index (χ2n) is 6.21. The van der Waals surface area contributed by atoms with Crippen LogP contribution in [0.5, 0.6) is 11.5 Å². The molecule has 0 bridgehead atoms. The van der Waals surface area contributed by atoms with Crippen LogP contribution in [-0.4, -0.2) is 26.1 Å². The van der Waals surface area contributed by atoms with Gasteiger partial charge in [-0.2, -0.15) is 4.98 Å². The van der Waals surface area contributed by atoms with Gasteiger partial charge in [-0.15, -0.1) is 0 Å². The van der Waals surface area contributed by atoms with Crippen molar-refractivity contribution in [3.05, 3.63) is 59.2 Å². The summed E-state index contributed by atoms with van der Waals surface area (Å²) in [5.41, 5.74) is 1.89. The Kier molecular flexibility index (Phi) is 5.88. The van der Waals surface area contributed by atoms with Crippen LogP contribution in [0.15, 0.2) is 46.1 Å². The fourth-order valence-electron chi connectivity index (χ4n) is 2.57. The summed E-state index contributed by atoms with van der Waals surface area (Å²) < 4.78 is 19.2. The third kappa shape index (κ3) is 4.28. The molecule has 0 saturated heterocycles. The molecule has 0 aliphatic carbocycles. The van der Waals surface area contributed by atoms with E-state index in [1.165, 1.54) is 12.1 Å². The third-order valence-electron chi connectivity index (χ3n) is 4.03. The maximum Gasteiger partial charge on any atom is 0.226 e. The van der Waals surface area contributed by atoms with E-state index in [0.717, 1.165) is 24.0 Å². The smallest absolute Gasteiger partial charge is 0.226 e. The first-order valence-corrected chi connectivity index (χ1v) is 8.78. The van der Waals surface area contributed by atoms with Gasteiger partial charge in [0.1, 0.15) is 6.61 Å². The molecular weight excluding hydrogens is 365 g/mol. The van der Waals surface area contributed by atoms with Crippen molar-refractivity contribution in [2.45, 2.75) is 33.3 Å². The zero-order valence-corrected chi connectivity index (χ0v) is 15.5. The average Bonchev–Trinajstić information content (AvgIpc) is 3.15. The zero-order chi connectivity index (χ0) is 20.1. The van der Waals surface area contributed by atoms with E-state index in [1.54, 1.807) is 6.92 Å². The van der Waals surface area contributed by atoms with Crippen molar-refractivity contribution in [3.63, 3.8) is 0 Å². The Morgan fingerprint density at radius 3 is 2.86 bits per heavy atom. The number of aromatic hydroxyl groups is 2. The molecule has 8 heteroatoms. The first-order chi connectivity index (χ1) is 13.5. The van der Waals surface area contributed by atoms with Gasteiger partial charge in [0.2, 0.25) is 11.7 Å². The van der Waals surface area contributed by atoms with Crippen molar-refractivity contribution in [1.82, 2.24) is 10.1 Å². The quantitative estimate of drug-likeness (QED) is 0.359. The van der Waals surface area contributed by atoms with E-state index in [2.05, 4.69) is 15.3 Å². The van der Waals surface area contributed by atoms with Gasteiger partial charge in [-0.3, -0.25) is 0 Å². The number of benzene rings is 2. The van der Waals surface area contributed by atoms with Crippen LogP contribution in [0.4, 0.5) is 4.39 Å². The van der Waals surface area contributed by atoms with Crippen molar-refractivity contribution < 1.29 is 24.0 Å². The lowest BCUT2D eigenvalue weighted by molar-refractivity contribution is 0.130. The Morgan fingerprint density at radius 2 is 2.07 bits per heavy atom. The van der Waals surface area contributed by atoms with Crippen molar-refractivity contribution in [1.29, 1.82) is 0 Å². The van der Waals surface area contributed by atoms with Crippen molar-refractivity contribution >= 4 is 5.71 Å². The van der Waals surface area contributed by atoms with Crippen LogP contribution >= 0.6 is 0 Å². The molecule has 0 fully saturated rings. The maximum absolute atomic E-state index is 14.0. The molecule has 0 aliphatic rings. The second-order valence-corrected chi connectivity index (χ2v) is 6.21. The Balaban J connectivity index is 1.69. The number of aryl methyl sites for hydroxylation is 1. The van der Waals surface area contributed by atoms with Crippen LogP contribution in [0.2, 0.25) is 0 Å². The molecule has 0 amide bonds. The Hall–Kier alpha value is -3.42. The minimum Gasteiger partial charge on any atom is -0.504 e. The van der Waals surface area contributed by atoms with Crippen LogP contribution in [-0.2, 0) is 17.9 Å². The Morgan fingerprint density at radius 1 is 1.25 bits per heavy atom. The molecule has 0 spiro atoms. The molecule has 1 heterocycles. The summed E-state index contributed by atoms with van der Waals surface area (Å²) in [6.45, 7) is 3.73. The van der Waals surface area contributed by atoms with Gasteiger partial charge >= 0.3 is 0 Å². The zero-order valence-electron chi connectivity index (χ0n) is 15.5. The summed E-state index contributed by atoms with van der Waals surface area (Å²) in [5, 5.41) is 26.6. The SMILES string of the molecule is CCCc1nc(-c2cccc(CO/N=C(\C)c3ccc(O)c(O)c3F)c2)no1. The lowest BCUT2D eigenvalue weighted by atomic mass is 10.1. The predicted octanol–water partition coefficient (Wildman–Crippen LogP) is 4.18. The van der Waals surface area contributed by atoms with Crippen LogP contribution < -0.4 is 0 Å². The standard InChI is InChI=1S/C20H20FN3O4/c1-3-5-17-22-20(24-28-17)14-7-4-6-13(10-14)11-27-23-12(2)15-8-9-16(25)19(26)18(15)21/h4,6-10,25-26H,3,5,11H2,1-2H3/b23-12+. The van der Waals surface area contributed by atoms with Gasteiger partial charge in [0.25, 0.3) is 0 Å². The summed E-state index contributed by atoms with van der Waals surface area (Å²) in [7, 11) is 0. The molecule has 2 aromatic carbocycles. The number of oxime groups is 1. The number of phenolic OH excluding ortho intramolecular Hbond substituents is 2. The molecule has 0 aliphatic heterocycles. The van der Waals surface area contributed by atoms with Gasteiger partial charge < -0.3 is 19.6 Å². The molecule has 0 unspecified atom stereocenters. The second kappa shape index (κ2) is 8.51. The highest BCUT2D eigenvalue weighted by atomic mass is 19.1. The first kappa shape index (κ1) is 19.3. The maximum atomic E-state index is 14.0. The lowest BCUT2D eigenvalue weighted by Gasteiger charge is -2.06. The summed E-state index contributed by atoms with van der Waals surface area (Å²) in [4.78, 5) is 9.66. The summed E-state index contributed by atoms with van der Waals surface area (Å²) in [6.07, 6.45) is 1.65. The van der Waals surface area contributed by atoms with Gasteiger partial charge in [-0.1, -0.05) is 35.4 Å². The molecule has 28 heavy (non-hydrogen) atoms. The number of aromatic nitrogens is 2. The molecule has 7 nitrogen and oxygen atoms in total. The van der Waals surface area contributed by atoms with E-state index in [4.69, 9.17) is 9.36 Å². The molecule has 1 aromatic heterocycles. The Bertz CT molecular complexity index is 1000. The van der Waals surface area contributed by atoms with Gasteiger partial charge in [-0.05, 0) is 37.1 Å².